The van der Waals surface area contributed by atoms with E-state index in [1.165, 1.54) is 26.2 Å². The van der Waals surface area contributed by atoms with Crippen molar-refractivity contribution in [3.8, 4) is 0 Å². The van der Waals surface area contributed by atoms with Crippen LogP contribution in [0.15, 0.2) is 0 Å². The van der Waals surface area contributed by atoms with E-state index in [0.29, 0.717) is 6.61 Å². The lowest BCUT2D eigenvalue weighted by Crippen LogP contribution is -2.14. The minimum Gasteiger partial charge on any atom is -0.478 e. The van der Waals surface area contributed by atoms with Crippen LogP contribution in [-0.4, -0.2) is 36.4 Å². The number of hydrogen-bond acceptors (Lipinski definition) is 6. The molecule has 1 aromatic heterocycles. The van der Waals surface area contributed by atoms with Crippen molar-refractivity contribution in [1.29, 1.82) is 0 Å². The highest BCUT2D eigenvalue weighted by atomic mass is 32.1. The summed E-state index contributed by atoms with van der Waals surface area (Å²) in [6.45, 7) is 5.78. The van der Waals surface area contributed by atoms with Crippen molar-refractivity contribution < 1.29 is 29.0 Å². The molecule has 0 fully saturated rings. The number of carbonyl (C=O) groups is 3. The van der Waals surface area contributed by atoms with Crippen molar-refractivity contribution in [1.82, 2.24) is 0 Å². The third kappa shape index (κ3) is 6.67. The van der Waals surface area contributed by atoms with Crippen molar-refractivity contribution in [2.45, 2.75) is 59.3 Å². The Bertz CT molecular complexity index is 625. The molecule has 0 spiro atoms. The van der Waals surface area contributed by atoms with Gasteiger partial charge in [-0.2, -0.15) is 0 Å². The highest BCUT2D eigenvalue weighted by Crippen LogP contribution is 2.33. The number of ether oxygens (including phenoxy) is 2. The van der Waals surface area contributed by atoms with Crippen molar-refractivity contribution in [2.24, 2.45) is 0 Å². The van der Waals surface area contributed by atoms with E-state index in [2.05, 4.69) is 12.2 Å². The number of thiophene rings is 1. The molecule has 0 radical (unpaired) electrons. The van der Waals surface area contributed by atoms with Gasteiger partial charge >= 0.3 is 18.0 Å². The smallest absolute Gasteiger partial charge is 0.412 e. The van der Waals surface area contributed by atoms with Gasteiger partial charge < -0.3 is 14.6 Å². The zero-order valence-corrected chi connectivity index (χ0v) is 16.4. The zero-order chi connectivity index (χ0) is 19.5. The maximum absolute atomic E-state index is 12.3. The maximum atomic E-state index is 12.3. The summed E-state index contributed by atoms with van der Waals surface area (Å²) in [6, 6.07) is 0. The first-order valence-electron chi connectivity index (χ1n) is 8.89. The van der Waals surface area contributed by atoms with Gasteiger partial charge in [0.15, 0.2) is 0 Å². The number of hydrogen-bond donors (Lipinski definition) is 2. The van der Waals surface area contributed by atoms with Gasteiger partial charge in [-0.3, -0.25) is 5.32 Å². The number of nitrogens with one attached hydrogen (secondary N) is 1. The van der Waals surface area contributed by atoms with E-state index < -0.39 is 18.0 Å². The van der Waals surface area contributed by atoms with E-state index in [-0.39, 0.29) is 27.6 Å². The lowest BCUT2D eigenvalue weighted by molar-refractivity contribution is 0.0502. The average Bonchev–Trinajstić information content (AvgIpc) is 2.90. The minimum atomic E-state index is -1.22. The van der Waals surface area contributed by atoms with Crippen molar-refractivity contribution in [3.63, 3.8) is 0 Å². The molecule has 0 aliphatic rings. The lowest BCUT2D eigenvalue weighted by atomic mass is 10.1. The lowest BCUT2D eigenvalue weighted by Gasteiger charge is -2.04. The highest BCUT2D eigenvalue weighted by Gasteiger charge is 2.26. The number of anilines is 1. The standard InChI is InChI=1S/C18H27NO6S/c1-4-6-7-8-9-10-11-25-17(22)14-12(3)13(16(20)21)15(26-14)19-18(23)24-5-2/h4-11H2,1-3H3,(H,19,23)(H,20,21). The van der Waals surface area contributed by atoms with Gasteiger partial charge in [0, 0.05) is 0 Å². The Balaban J connectivity index is 2.69. The molecule has 0 saturated carbocycles. The summed E-state index contributed by atoms with van der Waals surface area (Å²) in [5.74, 6) is -1.79. The van der Waals surface area contributed by atoms with E-state index in [1.54, 1.807) is 6.92 Å². The molecule has 26 heavy (non-hydrogen) atoms. The molecule has 0 aromatic carbocycles. The molecule has 1 rings (SSSR count). The molecule has 1 heterocycles. The summed E-state index contributed by atoms with van der Waals surface area (Å²) in [5, 5.41) is 11.8. The highest BCUT2D eigenvalue weighted by molar-refractivity contribution is 7.18. The zero-order valence-electron chi connectivity index (χ0n) is 15.6. The van der Waals surface area contributed by atoms with Crippen LogP contribution in [0.2, 0.25) is 0 Å². The van der Waals surface area contributed by atoms with Crippen molar-refractivity contribution >= 4 is 34.4 Å². The van der Waals surface area contributed by atoms with Crippen molar-refractivity contribution in [2.75, 3.05) is 18.5 Å². The first-order valence-corrected chi connectivity index (χ1v) is 9.71. The minimum absolute atomic E-state index is 0.0694. The summed E-state index contributed by atoms with van der Waals surface area (Å²) in [5.41, 5.74) is 0.164. The van der Waals surface area contributed by atoms with E-state index in [4.69, 9.17) is 9.47 Å². The Labute approximate surface area is 157 Å². The van der Waals surface area contributed by atoms with E-state index >= 15 is 0 Å². The SMILES string of the molecule is CCCCCCCCOC(=O)c1sc(NC(=O)OCC)c(C(=O)O)c1C. The molecule has 2 N–H and O–H groups in total. The Kier molecular flexibility index (Phi) is 9.72. The number of rotatable bonds is 11. The quantitative estimate of drug-likeness (QED) is 0.417. The fraction of sp³-hybridized carbons (Fsp3) is 0.611. The molecule has 0 saturated heterocycles. The van der Waals surface area contributed by atoms with Gasteiger partial charge in [0.1, 0.15) is 9.88 Å². The molecular weight excluding hydrogens is 358 g/mol. The third-order valence-corrected chi connectivity index (χ3v) is 4.96. The molecule has 0 unspecified atom stereocenters. The molecule has 1 amide bonds. The van der Waals surface area contributed by atoms with Crippen LogP contribution in [0.25, 0.3) is 0 Å². The number of carboxylic acids is 1. The van der Waals surface area contributed by atoms with Gasteiger partial charge in [-0.25, -0.2) is 14.4 Å². The normalized spacial score (nSPS) is 10.4. The second-order valence-corrected chi connectivity index (χ2v) is 6.84. The Hall–Kier alpha value is -2.09. The van der Waals surface area contributed by atoms with Gasteiger partial charge in [0.05, 0.1) is 18.8 Å². The molecule has 0 atom stereocenters. The molecule has 1 aromatic rings. The largest absolute Gasteiger partial charge is 0.478 e. The molecule has 0 bridgehead atoms. The van der Waals surface area contributed by atoms with Crippen LogP contribution in [0.5, 0.6) is 0 Å². The first kappa shape index (κ1) is 22.0. The Morgan fingerprint density at radius 3 is 2.31 bits per heavy atom. The molecule has 7 nitrogen and oxygen atoms in total. The monoisotopic (exact) mass is 385 g/mol. The van der Waals surface area contributed by atoms with Gasteiger partial charge in [-0.1, -0.05) is 39.0 Å². The van der Waals surface area contributed by atoms with Crippen LogP contribution in [-0.2, 0) is 9.47 Å². The third-order valence-electron chi connectivity index (χ3n) is 3.77. The fourth-order valence-corrected chi connectivity index (χ4v) is 3.50. The number of amides is 1. The molecule has 0 aliphatic carbocycles. The molecular formula is C18H27NO6S. The summed E-state index contributed by atoms with van der Waals surface area (Å²) in [7, 11) is 0. The van der Waals surface area contributed by atoms with Crippen LogP contribution in [0.3, 0.4) is 0 Å². The summed E-state index contributed by atoms with van der Waals surface area (Å²) < 4.78 is 10.0. The molecule has 8 heteroatoms. The Morgan fingerprint density at radius 2 is 1.69 bits per heavy atom. The maximum Gasteiger partial charge on any atom is 0.412 e. The summed E-state index contributed by atoms with van der Waals surface area (Å²) in [6.07, 6.45) is 5.69. The number of carbonyl (C=O) groups excluding carboxylic acids is 2. The number of carboxylic acid groups (broad SMARTS) is 1. The van der Waals surface area contributed by atoms with E-state index in [0.717, 1.165) is 30.6 Å². The van der Waals surface area contributed by atoms with Crippen LogP contribution in [0, 0.1) is 6.92 Å². The van der Waals surface area contributed by atoms with Crippen LogP contribution < -0.4 is 5.32 Å². The predicted molar refractivity (Wildman–Crippen MR) is 100 cm³/mol. The second kappa shape index (κ2) is 11.5. The predicted octanol–water partition coefficient (Wildman–Crippen LogP) is 4.84. The number of unbranched alkanes of at least 4 members (excludes halogenated alkanes) is 5. The summed E-state index contributed by atoms with van der Waals surface area (Å²) >= 11 is 0.884. The van der Waals surface area contributed by atoms with Crippen LogP contribution in [0.4, 0.5) is 9.80 Å². The van der Waals surface area contributed by atoms with Crippen molar-refractivity contribution in [3.05, 3.63) is 16.0 Å². The average molecular weight is 385 g/mol. The van der Waals surface area contributed by atoms with Gasteiger partial charge in [-0.15, -0.1) is 11.3 Å². The second-order valence-electron chi connectivity index (χ2n) is 5.81. The van der Waals surface area contributed by atoms with Gasteiger partial charge in [0.25, 0.3) is 0 Å². The topological polar surface area (TPSA) is 102 Å². The number of esters is 1. The van der Waals surface area contributed by atoms with Gasteiger partial charge in [0.2, 0.25) is 0 Å². The first-order chi connectivity index (χ1) is 12.4. The molecule has 146 valence electrons. The Morgan fingerprint density at radius 1 is 1.04 bits per heavy atom. The fourth-order valence-electron chi connectivity index (χ4n) is 2.43. The number of aromatic carboxylic acids is 1. The van der Waals surface area contributed by atoms with Crippen LogP contribution in [0.1, 0.15) is 78.0 Å². The molecule has 0 aliphatic heterocycles. The van der Waals surface area contributed by atoms with Crippen LogP contribution >= 0.6 is 11.3 Å². The van der Waals surface area contributed by atoms with Gasteiger partial charge in [-0.05, 0) is 25.8 Å². The summed E-state index contributed by atoms with van der Waals surface area (Å²) in [4.78, 5) is 35.5. The van der Waals surface area contributed by atoms with E-state index in [1.807, 2.05) is 0 Å². The van der Waals surface area contributed by atoms with E-state index in [9.17, 15) is 19.5 Å².